The fraction of sp³-hybridized carbons (Fsp3) is 0.143. The van der Waals surface area contributed by atoms with Crippen LogP contribution in [0.3, 0.4) is 0 Å². The largest absolute Gasteiger partial charge is 0.495 e. The molecular weight excluding hydrogens is 272 g/mol. The highest BCUT2D eigenvalue weighted by atomic mass is 35.5. The fourth-order valence-corrected chi connectivity index (χ4v) is 1.90. The van der Waals surface area contributed by atoms with Crippen LogP contribution in [0.15, 0.2) is 36.4 Å². The summed E-state index contributed by atoms with van der Waals surface area (Å²) in [7, 11) is 1.54. The lowest BCUT2D eigenvalue weighted by Crippen LogP contribution is -2.02. The van der Waals surface area contributed by atoms with Gasteiger partial charge in [0.2, 0.25) is 0 Å². The van der Waals surface area contributed by atoms with Crippen molar-refractivity contribution in [2.75, 3.05) is 12.4 Å². The van der Waals surface area contributed by atoms with Gasteiger partial charge >= 0.3 is 0 Å². The number of halogens is 3. The van der Waals surface area contributed by atoms with E-state index < -0.39 is 11.6 Å². The van der Waals surface area contributed by atoms with Gasteiger partial charge in [0.1, 0.15) is 17.4 Å². The van der Waals surface area contributed by atoms with E-state index in [1.54, 1.807) is 18.2 Å². The average Bonchev–Trinajstić information content (AvgIpc) is 2.35. The van der Waals surface area contributed by atoms with Crippen LogP contribution in [0.1, 0.15) is 5.56 Å². The minimum absolute atomic E-state index is 0.269. The van der Waals surface area contributed by atoms with E-state index in [1.165, 1.54) is 19.2 Å². The highest BCUT2D eigenvalue weighted by Gasteiger charge is 2.05. The minimum atomic E-state index is -0.602. The second-order valence-corrected chi connectivity index (χ2v) is 4.41. The summed E-state index contributed by atoms with van der Waals surface area (Å²) in [6.07, 6.45) is 0. The van der Waals surface area contributed by atoms with E-state index in [4.69, 9.17) is 16.3 Å². The van der Waals surface area contributed by atoms with Crippen molar-refractivity contribution in [3.05, 3.63) is 58.6 Å². The van der Waals surface area contributed by atoms with E-state index in [9.17, 15) is 8.78 Å². The molecule has 0 saturated heterocycles. The monoisotopic (exact) mass is 283 g/mol. The first-order valence-electron chi connectivity index (χ1n) is 5.61. The molecule has 0 aliphatic carbocycles. The van der Waals surface area contributed by atoms with Crippen LogP contribution in [0.2, 0.25) is 5.02 Å². The number of rotatable bonds is 4. The zero-order valence-electron chi connectivity index (χ0n) is 10.2. The number of hydrogen-bond acceptors (Lipinski definition) is 2. The maximum Gasteiger partial charge on any atom is 0.142 e. The molecule has 0 radical (unpaired) electrons. The maximum atomic E-state index is 13.0. The van der Waals surface area contributed by atoms with Crippen molar-refractivity contribution in [1.82, 2.24) is 0 Å². The predicted octanol–water partition coefficient (Wildman–Crippen LogP) is 4.24. The molecule has 0 fully saturated rings. The molecule has 0 unspecified atom stereocenters. The fourth-order valence-electron chi connectivity index (χ4n) is 1.73. The first-order chi connectivity index (χ1) is 9.08. The van der Waals surface area contributed by atoms with Crippen LogP contribution in [0.25, 0.3) is 0 Å². The van der Waals surface area contributed by atoms with Gasteiger partial charge in [0.15, 0.2) is 0 Å². The Morgan fingerprint density at radius 1 is 1.11 bits per heavy atom. The van der Waals surface area contributed by atoms with Gasteiger partial charge in [-0.2, -0.15) is 0 Å². The summed E-state index contributed by atoms with van der Waals surface area (Å²) in [5.74, 6) is -0.592. The number of methoxy groups -OCH3 is 1. The van der Waals surface area contributed by atoms with Crippen LogP contribution in [-0.2, 0) is 6.54 Å². The van der Waals surface area contributed by atoms with Crippen LogP contribution in [0.4, 0.5) is 14.5 Å². The standard InChI is InChI=1S/C14H12ClF2NO/c1-19-14-3-2-10(15)6-13(14)18-8-9-4-11(16)7-12(17)5-9/h2-7,18H,8H2,1H3. The Morgan fingerprint density at radius 3 is 2.42 bits per heavy atom. The van der Waals surface area contributed by atoms with E-state index in [2.05, 4.69) is 5.32 Å². The Kier molecular flexibility index (Phi) is 4.22. The van der Waals surface area contributed by atoms with Gasteiger partial charge in [-0.1, -0.05) is 11.6 Å². The Labute approximate surface area is 115 Å². The second-order valence-electron chi connectivity index (χ2n) is 3.98. The average molecular weight is 284 g/mol. The van der Waals surface area contributed by atoms with Crippen molar-refractivity contribution in [2.45, 2.75) is 6.54 Å². The molecule has 0 atom stereocenters. The third-order valence-electron chi connectivity index (χ3n) is 2.57. The lowest BCUT2D eigenvalue weighted by molar-refractivity contribution is 0.416. The third-order valence-corrected chi connectivity index (χ3v) is 2.80. The molecule has 5 heteroatoms. The highest BCUT2D eigenvalue weighted by Crippen LogP contribution is 2.28. The van der Waals surface area contributed by atoms with Gasteiger partial charge in [-0.3, -0.25) is 0 Å². The van der Waals surface area contributed by atoms with Crippen molar-refractivity contribution < 1.29 is 13.5 Å². The molecule has 100 valence electrons. The van der Waals surface area contributed by atoms with Crippen LogP contribution in [0, 0.1) is 11.6 Å². The molecule has 0 amide bonds. The van der Waals surface area contributed by atoms with E-state index in [1.807, 2.05) is 0 Å². The quantitative estimate of drug-likeness (QED) is 0.906. The lowest BCUT2D eigenvalue weighted by atomic mass is 10.2. The van der Waals surface area contributed by atoms with Crippen molar-refractivity contribution in [1.29, 1.82) is 0 Å². The van der Waals surface area contributed by atoms with Gasteiger partial charge in [0.05, 0.1) is 12.8 Å². The molecule has 2 rings (SSSR count). The predicted molar refractivity (Wildman–Crippen MR) is 71.7 cm³/mol. The molecule has 0 bridgehead atoms. The van der Waals surface area contributed by atoms with Gasteiger partial charge < -0.3 is 10.1 Å². The number of anilines is 1. The molecule has 0 saturated carbocycles. The Hall–Kier alpha value is -1.81. The van der Waals surface area contributed by atoms with Gasteiger partial charge in [-0.15, -0.1) is 0 Å². The van der Waals surface area contributed by atoms with Crippen LogP contribution in [-0.4, -0.2) is 7.11 Å². The van der Waals surface area contributed by atoms with E-state index in [0.29, 0.717) is 22.0 Å². The zero-order chi connectivity index (χ0) is 13.8. The first kappa shape index (κ1) is 13.6. The molecule has 19 heavy (non-hydrogen) atoms. The summed E-state index contributed by atoms with van der Waals surface area (Å²) in [6.45, 7) is 0.269. The second kappa shape index (κ2) is 5.89. The number of hydrogen-bond donors (Lipinski definition) is 1. The summed E-state index contributed by atoms with van der Waals surface area (Å²) in [6, 6.07) is 8.49. The zero-order valence-corrected chi connectivity index (χ0v) is 11.0. The number of benzene rings is 2. The van der Waals surface area contributed by atoms with Gasteiger partial charge in [-0.25, -0.2) is 8.78 Å². The summed E-state index contributed by atoms with van der Waals surface area (Å²) in [5, 5.41) is 3.58. The number of ether oxygens (including phenoxy) is 1. The normalized spacial score (nSPS) is 10.3. The summed E-state index contributed by atoms with van der Waals surface area (Å²) in [5.41, 5.74) is 1.17. The molecule has 2 nitrogen and oxygen atoms in total. The summed E-state index contributed by atoms with van der Waals surface area (Å²) >= 11 is 5.89. The molecule has 0 spiro atoms. The van der Waals surface area contributed by atoms with Crippen molar-refractivity contribution in [3.63, 3.8) is 0 Å². The Bertz CT molecular complexity index is 569. The van der Waals surface area contributed by atoms with Crippen LogP contribution < -0.4 is 10.1 Å². The highest BCUT2D eigenvalue weighted by molar-refractivity contribution is 6.30. The van der Waals surface area contributed by atoms with Crippen molar-refractivity contribution >= 4 is 17.3 Å². The van der Waals surface area contributed by atoms with Gasteiger partial charge in [0, 0.05) is 17.6 Å². The maximum absolute atomic E-state index is 13.0. The number of nitrogens with one attached hydrogen (secondary N) is 1. The molecular formula is C14H12ClF2NO. The van der Waals surface area contributed by atoms with Crippen LogP contribution >= 0.6 is 11.6 Å². The molecule has 0 aliphatic heterocycles. The van der Waals surface area contributed by atoms with E-state index in [-0.39, 0.29) is 6.54 Å². The van der Waals surface area contributed by atoms with Crippen molar-refractivity contribution in [2.24, 2.45) is 0 Å². The lowest BCUT2D eigenvalue weighted by Gasteiger charge is -2.11. The topological polar surface area (TPSA) is 21.3 Å². The molecule has 0 heterocycles. The van der Waals surface area contributed by atoms with E-state index >= 15 is 0 Å². The molecule has 1 N–H and O–H groups in total. The van der Waals surface area contributed by atoms with E-state index in [0.717, 1.165) is 6.07 Å². The first-order valence-corrected chi connectivity index (χ1v) is 5.98. The smallest absolute Gasteiger partial charge is 0.142 e. The SMILES string of the molecule is COc1ccc(Cl)cc1NCc1cc(F)cc(F)c1. The molecule has 0 aliphatic rings. The van der Waals surface area contributed by atoms with Gasteiger partial charge in [0.25, 0.3) is 0 Å². The molecule has 2 aromatic rings. The molecule has 2 aromatic carbocycles. The third kappa shape index (κ3) is 3.58. The van der Waals surface area contributed by atoms with Crippen LogP contribution in [0.5, 0.6) is 5.75 Å². The summed E-state index contributed by atoms with van der Waals surface area (Å²) < 4.78 is 31.3. The Balaban J connectivity index is 2.16. The van der Waals surface area contributed by atoms with Gasteiger partial charge in [-0.05, 0) is 35.9 Å². The summed E-state index contributed by atoms with van der Waals surface area (Å²) in [4.78, 5) is 0. The minimum Gasteiger partial charge on any atom is -0.495 e. The van der Waals surface area contributed by atoms with Crippen molar-refractivity contribution in [3.8, 4) is 5.75 Å². The Morgan fingerprint density at radius 2 is 1.79 bits per heavy atom. The molecule has 0 aromatic heterocycles.